The largest absolute Gasteiger partial charge is 0.466 e. The highest BCUT2D eigenvalue weighted by Gasteiger charge is 2.25. The second kappa shape index (κ2) is 11.5. The number of hydrogen-bond acceptors (Lipinski definition) is 9. The average Bonchev–Trinajstić information content (AvgIpc) is 3.66. The number of aromatic nitrogens is 6. The molecule has 1 aliphatic rings. The van der Waals surface area contributed by atoms with Gasteiger partial charge in [0.2, 0.25) is 11.7 Å². The van der Waals surface area contributed by atoms with E-state index < -0.39 is 6.03 Å². The number of ether oxygens (including phenoxy) is 1. The monoisotopic (exact) mass is 538 g/mol. The lowest BCUT2D eigenvalue weighted by atomic mass is 10.0. The van der Waals surface area contributed by atoms with Crippen molar-refractivity contribution >= 4 is 40.6 Å². The Kier molecular flexibility index (Phi) is 7.78. The van der Waals surface area contributed by atoms with Gasteiger partial charge in [0.15, 0.2) is 5.65 Å². The quantitative estimate of drug-likeness (QED) is 0.280. The minimum Gasteiger partial charge on any atom is -0.466 e. The van der Waals surface area contributed by atoms with Crippen LogP contribution < -0.4 is 10.6 Å². The molecule has 0 aliphatic heterocycles. The summed E-state index contributed by atoms with van der Waals surface area (Å²) >= 11 is 6.42. The molecule has 1 fully saturated rings. The van der Waals surface area contributed by atoms with E-state index in [2.05, 4.69) is 35.8 Å². The predicted molar refractivity (Wildman–Crippen MR) is 139 cm³/mol. The molecule has 0 spiro atoms. The summed E-state index contributed by atoms with van der Waals surface area (Å²) in [5, 5.41) is 14.3. The zero-order valence-corrected chi connectivity index (χ0v) is 21.6. The maximum Gasteiger partial charge on any atom is 0.323 e. The Bertz CT molecular complexity index is 1450. The number of hydrogen-bond donors (Lipinski definition) is 2. The molecule has 0 aromatic carbocycles. The van der Waals surface area contributed by atoms with Crippen LogP contribution in [0.2, 0.25) is 5.02 Å². The van der Waals surface area contributed by atoms with Crippen molar-refractivity contribution in [3.63, 3.8) is 0 Å². The summed E-state index contributed by atoms with van der Waals surface area (Å²) in [6.07, 6.45) is 10.4. The number of aryl methyl sites for hydroxylation is 1. The number of halogens is 1. The number of nitrogens with zero attached hydrogens (tertiary/aromatic N) is 6. The lowest BCUT2D eigenvalue weighted by Crippen LogP contribution is -2.22. The normalized spacial score (nSPS) is 13.6. The summed E-state index contributed by atoms with van der Waals surface area (Å²) in [5.41, 5.74) is 3.02. The zero-order valence-electron chi connectivity index (χ0n) is 20.8. The third-order valence-electron chi connectivity index (χ3n) is 6.30. The van der Waals surface area contributed by atoms with Crippen LogP contribution in [0, 0.1) is 0 Å². The van der Waals surface area contributed by atoms with Crippen molar-refractivity contribution in [3.8, 4) is 11.5 Å². The molecular formula is C25H27ClN8O4. The molecule has 2 N–H and O–H groups in total. The first kappa shape index (κ1) is 25.6. The van der Waals surface area contributed by atoms with Crippen LogP contribution >= 0.6 is 11.6 Å². The molecule has 1 aliphatic carbocycles. The van der Waals surface area contributed by atoms with E-state index in [0.29, 0.717) is 48.3 Å². The van der Waals surface area contributed by atoms with Gasteiger partial charge in [-0.05, 0) is 32.3 Å². The lowest BCUT2D eigenvalue weighted by molar-refractivity contribution is -0.143. The Morgan fingerprint density at radius 1 is 1.21 bits per heavy atom. The van der Waals surface area contributed by atoms with Gasteiger partial charge in [0.1, 0.15) is 5.69 Å². The van der Waals surface area contributed by atoms with Crippen LogP contribution in [0.5, 0.6) is 0 Å². The molecule has 4 heterocycles. The van der Waals surface area contributed by atoms with E-state index in [-0.39, 0.29) is 23.2 Å². The number of anilines is 2. The summed E-state index contributed by atoms with van der Waals surface area (Å²) < 4.78 is 12.0. The fraction of sp³-hybridized carbons (Fsp3) is 0.400. The van der Waals surface area contributed by atoms with Crippen molar-refractivity contribution in [1.29, 1.82) is 0 Å². The van der Waals surface area contributed by atoms with Crippen LogP contribution in [-0.2, 0) is 16.0 Å². The van der Waals surface area contributed by atoms with Crippen LogP contribution in [0.1, 0.15) is 63.0 Å². The molecule has 38 heavy (non-hydrogen) atoms. The molecule has 5 rings (SSSR count). The first-order valence-electron chi connectivity index (χ1n) is 12.6. The van der Waals surface area contributed by atoms with E-state index in [1.165, 1.54) is 6.20 Å². The predicted octanol–water partition coefficient (Wildman–Crippen LogP) is 5.02. The number of amides is 2. The van der Waals surface area contributed by atoms with Gasteiger partial charge < -0.3 is 19.9 Å². The highest BCUT2D eigenvalue weighted by molar-refractivity contribution is 6.33. The van der Waals surface area contributed by atoms with Gasteiger partial charge in [0, 0.05) is 24.8 Å². The second-order valence-electron chi connectivity index (χ2n) is 8.94. The molecule has 0 bridgehead atoms. The Balaban J connectivity index is 1.24. The van der Waals surface area contributed by atoms with Crippen LogP contribution in [0.4, 0.5) is 16.2 Å². The van der Waals surface area contributed by atoms with Gasteiger partial charge in [-0.25, -0.2) is 19.3 Å². The van der Waals surface area contributed by atoms with Gasteiger partial charge in [-0.3, -0.25) is 4.79 Å². The minimum atomic E-state index is -0.452. The standard InChI is InChI=1S/C25H27ClN8O4/c1-2-37-21(35)9-5-8-20-32-24(33-38-20)22-17(26)12-16(13-28-22)30-25(36)31-18-14-27-19-10-11-29-34(19)23(18)15-6-3-4-7-15/h10-15H,2-9H2,1H3,(H2,30,31,36). The first-order chi connectivity index (χ1) is 18.5. The Hall–Kier alpha value is -4.06. The average molecular weight is 539 g/mol. The van der Waals surface area contributed by atoms with Crippen molar-refractivity contribution in [1.82, 2.24) is 29.7 Å². The van der Waals surface area contributed by atoms with Crippen molar-refractivity contribution in [2.45, 2.75) is 57.8 Å². The van der Waals surface area contributed by atoms with Gasteiger partial charge in [-0.1, -0.05) is 29.6 Å². The van der Waals surface area contributed by atoms with Crippen molar-refractivity contribution in [2.75, 3.05) is 17.2 Å². The van der Waals surface area contributed by atoms with Crippen LogP contribution in [0.25, 0.3) is 17.2 Å². The Labute approximate surface area is 223 Å². The summed E-state index contributed by atoms with van der Waals surface area (Å²) in [6.45, 7) is 2.11. The maximum atomic E-state index is 12.9. The molecule has 4 aromatic rings. The molecule has 2 amide bonds. The zero-order chi connectivity index (χ0) is 26.5. The van der Waals surface area contributed by atoms with Crippen molar-refractivity contribution in [2.24, 2.45) is 0 Å². The van der Waals surface area contributed by atoms with Gasteiger partial charge in [-0.15, -0.1) is 0 Å². The summed E-state index contributed by atoms with van der Waals surface area (Å²) in [6, 6.07) is 2.95. The van der Waals surface area contributed by atoms with Crippen molar-refractivity contribution in [3.05, 3.63) is 47.3 Å². The van der Waals surface area contributed by atoms with Gasteiger partial charge >= 0.3 is 12.0 Å². The van der Waals surface area contributed by atoms with E-state index in [4.69, 9.17) is 20.9 Å². The van der Waals surface area contributed by atoms with E-state index in [9.17, 15) is 9.59 Å². The Morgan fingerprint density at radius 3 is 2.84 bits per heavy atom. The third kappa shape index (κ3) is 5.75. The summed E-state index contributed by atoms with van der Waals surface area (Å²) in [7, 11) is 0. The molecule has 13 heteroatoms. The number of urea groups is 1. The number of carbonyl (C=O) groups excluding carboxylic acids is 2. The molecular weight excluding hydrogens is 512 g/mol. The number of pyridine rings is 1. The second-order valence-corrected chi connectivity index (χ2v) is 9.35. The summed E-state index contributed by atoms with van der Waals surface area (Å²) in [5.74, 6) is 0.620. The lowest BCUT2D eigenvalue weighted by Gasteiger charge is -2.17. The van der Waals surface area contributed by atoms with Gasteiger partial charge in [-0.2, -0.15) is 10.1 Å². The number of rotatable bonds is 9. The minimum absolute atomic E-state index is 0.219. The van der Waals surface area contributed by atoms with Gasteiger partial charge in [0.25, 0.3) is 0 Å². The Morgan fingerprint density at radius 2 is 2.05 bits per heavy atom. The number of esters is 1. The van der Waals surface area contributed by atoms with Crippen LogP contribution in [-0.4, -0.2) is 48.3 Å². The van der Waals surface area contributed by atoms with Gasteiger partial charge in [0.05, 0.1) is 47.3 Å². The SMILES string of the molecule is CCOC(=O)CCCc1nc(-c2ncc(NC(=O)Nc3cnc4ccnn4c3C3CCCC3)cc2Cl)no1. The van der Waals surface area contributed by atoms with Crippen molar-refractivity contribution < 1.29 is 18.8 Å². The van der Waals surface area contributed by atoms with Crippen LogP contribution in [0.3, 0.4) is 0 Å². The maximum absolute atomic E-state index is 12.9. The molecule has 0 radical (unpaired) electrons. The highest BCUT2D eigenvalue weighted by Crippen LogP contribution is 2.37. The molecule has 0 saturated heterocycles. The summed E-state index contributed by atoms with van der Waals surface area (Å²) in [4.78, 5) is 37.4. The third-order valence-corrected chi connectivity index (χ3v) is 6.59. The van der Waals surface area contributed by atoms with Crippen LogP contribution in [0.15, 0.2) is 35.2 Å². The smallest absolute Gasteiger partial charge is 0.323 e. The number of fused-ring (bicyclic) bond motifs is 1. The first-order valence-corrected chi connectivity index (χ1v) is 12.9. The molecule has 198 valence electrons. The number of nitrogens with one attached hydrogen (secondary N) is 2. The topological polar surface area (TPSA) is 149 Å². The fourth-order valence-corrected chi connectivity index (χ4v) is 4.86. The number of carbonyl (C=O) groups is 2. The van der Waals surface area contributed by atoms with E-state index in [0.717, 1.165) is 37.0 Å². The van der Waals surface area contributed by atoms with E-state index in [1.54, 1.807) is 29.9 Å². The molecule has 1 saturated carbocycles. The molecule has 12 nitrogen and oxygen atoms in total. The molecule has 0 atom stereocenters. The fourth-order valence-electron chi connectivity index (χ4n) is 4.60. The van der Waals surface area contributed by atoms with E-state index >= 15 is 0 Å². The molecule has 4 aromatic heterocycles. The highest BCUT2D eigenvalue weighted by atomic mass is 35.5. The van der Waals surface area contributed by atoms with E-state index in [1.807, 2.05) is 6.07 Å². The molecule has 0 unspecified atom stereocenters.